The Balaban J connectivity index is 2.36. The average molecular weight is 222 g/mol. The van der Waals surface area contributed by atoms with Crippen LogP contribution in [0.2, 0.25) is 0 Å². The van der Waals surface area contributed by atoms with Crippen molar-refractivity contribution in [2.24, 2.45) is 5.10 Å². The van der Waals surface area contributed by atoms with Crippen LogP contribution in [0.4, 0.5) is 10.1 Å². The molecule has 0 amide bonds. The maximum absolute atomic E-state index is 13.3. The molecule has 16 heavy (non-hydrogen) atoms. The SMILES string of the molecule is O=C(O)C1=NN(c2ccccc2F)CC1=O. The van der Waals surface area contributed by atoms with Crippen LogP contribution < -0.4 is 5.01 Å². The molecule has 1 aliphatic rings. The van der Waals surface area contributed by atoms with Crippen LogP contribution in [0, 0.1) is 5.82 Å². The second-order valence-electron chi connectivity index (χ2n) is 3.19. The molecule has 0 fully saturated rings. The van der Waals surface area contributed by atoms with Gasteiger partial charge in [-0.25, -0.2) is 9.18 Å². The highest BCUT2D eigenvalue weighted by atomic mass is 19.1. The van der Waals surface area contributed by atoms with E-state index in [1.54, 1.807) is 6.07 Å². The highest BCUT2D eigenvalue weighted by molar-refractivity contribution is 6.65. The maximum Gasteiger partial charge on any atom is 0.360 e. The predicted octanol–water partition coefficient (Wildman–Crippen LogP) is 0.655. The lowest BCUT2D eigenvalue weighted by atomic mass is 10.2. The largest absolute Gasteiger partial charge is 0.476 e. The van der Waals surface area contributed by atoms with Gasteiger partial charge in [0.25, 0.3) is 0 Å². The van der Waals surface area contributed by atoms with Crippen molar-refractivity contribution in [3.05, 3.63) is 30.1 Å². The van der Waals surface area contributed by atoms with E-state index in [1.807, 2.05) is 0 Å². The number of hydrogen-bond donors (Lipinski definition) is 1. The fourth-order valence-corrected chi connectivity index (χ4v) is 1.38. The van der Waals surface area contributed by atoms with E-state index >= 15 is 0 Å². The smallest absolute Gasteiger partial charge is 0.360 e. The van der Waals surface area contributed by atoms with E-state index in [-0.39, 0.29) is 12.2 Å². The molecule has 5 nitrogen and oxygen atoms in total. The molecule has 0 saturated heterocycles. The minimum atomic E-state index is -1.40. The summed E-state index contributed by atoms with van der Waals surface area (Å²) in [4.78, 5) is 21.8. The van der Waals surface area contributed by atoms with Crippen LogP contribution in [0.1, 0.15) is 0 Å². The molecule has 0 bridgehead atoms. The number of benzene rings is 1. The summed E-state index contributed by atoms with van der Waals surface area (Å²) in [7, 11) is 0. The molecular formula is C10H7FN2O3. The lowest BCUT2D eigenvalue weighted by molar-refractivity contribution is -0.130. The minimum Gasteiger partial charge on any atom is -0.476 e. The van der Waals surface area contributed by atoms with E-state index in [1.165, 1.54) is 18.2 Å². The topological polar surface area (TPSA) is 70.0 Å². The van der Waals surface area contributed by atoms with Crippen molar-refractivity contribution in [1.82, 2.24) is 0 Å². The van der Waals surface area contributed by atoms with Gasteiger partial charge in [0, 0.05) is 0 Å². The molecule has 6 heteroatoms. The van der Waals surface area contributed by atoms with Gasteiger partial charge in [-0.05, 0) is 12.1 Å². The lowest BCUT2D eigenvalue weighted by Gasteiger charge is -2.12. The molecule has 1 aliphatic heterocycles. The Morgan fingerprint density at radius 2 is 2.12 bits per heavy atom. The van der Waals surface area contributed by atoms with Gasteiger partial charge in [-0.3, -0.25) is 9.80 Å². The summed E-state index contributed by atoms with van der Waals surface area (Å²) < 4.78 is 13.3. The van der Waals surface area contributed by atoms with E-state index < -0.39 is 23.3 Å². The van der Waals surface area contributed by atoms with Gasteiger partial charge in [-0.15, -0.1) is 0 Å². The molecule has 0 saturated carbocycles. The van der Waals surface area contributed by atoms with E-state index in [2.05, 4.69) is 5.10 Å². The van der Waals surface area contributed by atoms with Gasteiger partial charge >= 0.3 is 5.97 Å². The summed E-state index contributed by atoms with van der Waals surface area (Å²) in [5, 5.41) is 13.2. The number of carbonyl (C=O) groups is 2. The molecule has 1 aromatic carbocycles. The minimum absolute atomic E-state index is 0.0899. The van der Waals surface area contributed by atoms with Crippen molar-refractivity contribution in [2.45, 2.75) is 0 Å². The standard InChI is InChI=1S/C10H7FN2O3/c11-6-3-1-2-4-7(6)13-5-8(14)9(12-13)10(15)16/h1-4H,5H2,(H,15,16). The van der Waals surface area contributed by atoms with Gasteiger partial charge in [0.2, 0.25) is 11.5 Å². The lowest BCUT2D eigenvalue weighted by Crippen LogP contribution is -2.23. The number of carboxylic acid groups (broad SMARTS) is 1. The molecule has 1 N–H and O–H groups in total. The van der Waals surface area contributed by atoms with Crippen molar-refractivity contribution >= 4 is 23.2 Å². The zero-order valence-electron chi connectivity index (χ0n) is 8.05. The van der Waals surface area contributed by atoms with E-state index in [9.17, 15) is 14.0 Å². The first kappa shape index (κ1) is 10.3. The number of rotatable bonds is 2. The summed E-state index contributed by atoms with van der Waals surface area (Å²) in [5.41, 5.74) is -0.477. The molecule has 82 valence electrons. The van der Waals surface area contributed by atoms with Crippen LogP contribution in [0.5, 0.6) is 0 Å². The monoisotopic (exact) mass is 222 g/mol. The average Bonchev–Trinajstić information content (AvgIpc) is 2.61. The number of halogens is 1. The third kappa shape index (κ3) is 1.65. The number of carboxylic acids is 1. The quantitative estimate of drug-likeness (QED) is 0.797. The van der Waals surface area contributed by atoms with Crippen LogP contribution in [-0.2, 0) is 9.59 Å². The number of Topliss-reactive ketones (excluding diaryl/α,β-unsaturated/α-hetero) is 1. The van der Waals surface area contributed by atoms with E-state index in [4.69, 9.17) is 5.11 Å². The second kappa shape index (κ2) is 3.73. The first-order valence-corrected chi connectivity index (χ1v) is 4.47. The Morgan fingerprint density at radius 3 is 2.69 bits per heavy atom. The van der Waals surface area contributed by atoms with Crippen molar-refractivity contribution < 1.29 is 19.1 Å². The number of anilines is 1. The van der Waals surface area contributed by atoms with Crippen molar-refractivity contribution in [3.8, 4) is 0 Å². The predicted molar refractivity (Wildman–Crippen MR) is 53.8 cm³/mol. The summed E-state index contributed by atoms with van der Waals surface area (Å²) in [6, 6.07) is 5.72. The molecule has 0 spiro atoms. The molecule has 1 aromatic rings. The molecule has 0 unspecified atom stereocenters. The number of nitrogens with zero attached hydrogens (tertiary/aromatic N) is 2. The van der Waals surface area contributed by atoms with Crippen LogP contribution >= 0.6 is 0 Å². The molecule has 2 rings (SSSR count). The van der Waals surface area contributed by atoms with Crippen LogP contribution in [0.3, 0.4) is 0 Å². The Kier molecular flexibility index (Phi) is 2.40. The van der Waals surface area contributed by atoms with Gasteiger partial charge in [0.1, 0.15) is 12.4 Å². The van der Waals surface area contributed by atoms with Gasteiger partial charge in [-0.1, -0.05) is 12.1 Å². The van der Waals surface area contributed by atoms with Crippen molar-refractivity contribution in [2.75, 3.05) is 11.6 Å². The summed E-state index contributed by atoms with van der Waals surface area (Å²) in [6.45, 7) is -0.247. The summed E-state index contributed by atoms with van der Waals surface area (Å²) >= 11 is 0. The molecule has 0 aliphatic carbocycles. The van der Waals surface area contributed by atoms with Crippen LogP contribution in [-0.4, -0.2) is 29.1 Å². The Morgan fingerprint density at radius 1 is 1.44 bits per heavy atom. The Bertz CT molecular complexity index is 499. The fourth-order valence-electron chi connectivity index (χ4n) is 1.38. The molecule has 0 atom stereocenters. The fraction of sp³-hybridized carbons (Fsp3) is 0.100. The zero-order chi connectivity index (χ0) is 11.7. The molecule has 0 radical (unpaired) electrons. The third-order valence-electron chi connectivity index (χ3n) is 2.11. The first-order chi connectivity index (χ1) is 7.59. The number of aliphatic carboxylic acids is 1. The molecular weight excluding hydrogens is 215 g/mol. The first-order valence-electron chi connectivity index (χ1n) is 4.47. The van der Waals surface area contributed by atoms with Gasteiger partial charge in [-0.2, -0.15) is 5.10 Å². The van der Waals surface area contributed by atoms with E-state index in [0.717, 1.165) is 5.01 Å². The van der Waals surface area contributed by atoms with Gasteiger partial charge < -0.3 is 5.11 Å². The number of ketones is 1. The van der Waals surface area contributed by atoms with Gasteiger partial charge in [0.15, 0.2) is 0 Å². The molecule has 0 aromatic heterocycles. The Labute approximate surface area is 89.8 Å². The number of hydrogen-bond acceptors (Lipinski definition) is 4. The number of carbonyl (C=O) groups excluding carboxylic acids is 1. The maximum atomic E-state index is 13.3. The highest BCUT2D eigenvalue weighted by Gasteiger charge is 2.30. The second-order valence-corrected chi connectivity index (χ2v) is 3.19. The molecule has 1 heterocycles. The van der Waals surface area contributed by atoms with Crippen molar-refractivity contribution in [1.29, 1.82) is 0 Å². The number of para-hydroxylation sites is 1. The summed E-state index contributed by atoms with van der Waals surface area (Å²) in [5.74, 6) is -2.58. The number of hydrazone groups is 1. The van der Waals surface area contributed by atoms with Crippen molar-refractivity contribution in [3.63, 3.8) is 0 Å². The highest BCUT2D eigenvalue weighted by Crippen LogP contribution is 2.21. The third-order valence-corrected chi connectivity index (χ3v) is 2.11. The van der Waals surface area contributed by atoms with E-state index in [0.29, 0.717) is 0 Å². The normalized spacial score (nSPS) is 15.2. The van der Waals surface area contributed by atoms with Crippen LogP contribution in [0.15, 0.2) is 29.4 Å². The van der Waals surface area contributed by atoms with Gasteiger partial charge in [0.05, 0.1) is 5.69 Å². The summed E-state index contributed by atoms with van der Waals surface area (Å²) in [6.07, 6.45) is 0. The zero-order valence-corrected chi connectivity index (χ0v) is 8.05. The Hall–Kier alpha value is -2.24. The van der Waals surface area contributed by atoms with Crippen LogP contribution in [0.25, 0.3) is 0 Å².